The molecule has 0 bridgehead atoms. The summed E-state index contributed by atoms with van der Waals surface area (Å²) in [4.78, 5) is 20.3. The quantitative estimate of drug-likeness (QED) is 0.378. The molecule has 7 nitrogen and oxygen atoms in total. The molecule has 0 saturated carbocycles. The number of hydrogen-bond donors (Lipinski definition) is 4. The monoisotopic (exact) mass is 191 g/mol. The third kappa shape index (κ3) is 3.43. The molecule has 0 unspecified atom stereocenters. The lowest BCUT2D eigenvalue weighted by Crippen LogP contribution is -2.39. The van der Waals surface area contributed by atoms with Crippen LogP contribution >= 0.6 is 0 Å². The van der Waals surface area contributed by atoms with E-state index in [0.717, 1.165) is 0 Å². The van der Waals surface area contributed by atoms with Gasteiger partial charge in [0.15, 0.2) is 5.60 Å². The largest absolute Gasteiger partial charge is 0.629 e. The fourth-order valence-corrected chi connectivity index (χ4v) is 0.623. The van der Waals surface area contributed by atoms with Crippen molar-refractivity contribution in [2.45, 2.75) is 12.0 Å². The number of rotatable bonds is 4. The second-order valence-corrected chi connectivity index (χ2v) is 2.28. The number of aliphatic hydroxyl groups excluding tert-OH is 1. The van der Waals surface area contributed by atoms with Gasteiger partial charge in [0.2, 0.25) is 0 Å². The molecular formula is C6H7O7-. The molecule has 13 heavy (non-hydrogen) atoms. The zero-order chi connectivity index (χ0) is 10.6. The summed E-state index contributed by atoms with van der Waals surface area (Å²) in [5.41, 5.74) is -2.86. The fourth-order valence-electron chi connectivity index (χ4n) is 0.623. The Morgan fingerprint density at radius 1 is 1.31 bits per heavy atom. The van der Waals surface area contributed by atoms with Crippen molar-refractivity contribution in [3.05, 3.63) is 12.0 Å². The summed E-state index contributed by atoms with van der Waals surface area (Å²) in [6.45, 7) is 0. The topological polar surface area (TPSA) is 138 Å². The van der Waals surface area contributed by atoms with E-state index in [-0.39, 0.29) is 6.08 Å². The maximum Gasteiger partial charge on any atom is 0.340 e. The summed E-state index contributed by atoms with van der Waals surface area (Å²) in [6.07, 6.45) is -1.18. The van der Waals surface area contributed by atoms with Crippen LogP contribution in [0.3, 0.4) is 0 Å². The van der Waals surface area contributed by atoms with Gasteiger partial charge in [-0.2, -0.15) is 0 Å². The molecule has 0 aromatic heterocycles. The summed E-state index contributed by atoms with van der Waals surface area (Å²) in [7, 11) is 0. The lowest BCUT2D eigenvalue weighted by molar-refractivity contribution is -0.350. The van der Waals surface area contributed by atoms with Gasteiger partial charge in [-0.05, 0) is 6.08 Å². The first-order valence-corrected chi connectivity index (χ1v) is 3.04. The highest BCUT2D eigenvalue weighted by atomic mass is 16.5. The van der Waals surface area contributed by atoms with Crippen molar-refractivity contribution < 1.29 is 35.1 Å². The maximum atomic E-state index is 10.3. The van der Waals surface area contributed by atoms with Gasteiger partial charge in [-0.25, -0.2) is 4.79 Å². The Bertz CT molecular complexity index is 252. The molecule has 0 radical (unpaired) electrons. The molecular weight excluding hydrogens is 184 g/mol. The first-order valence-electron chi connectivity index (χ1n) is 3.04. The van der Waals surface area contributed by atoms with E-state index in [1.54, 1.807) is 0 Å². The number of carboxylic acid groups (broad SMARTS) is 2. The minimum absolute atomic E-state index is 0.0173. The normalized spacial score (nSPS) is 16.2. The van der Waals surface area contributed by atoms with Gasteiger partial charge in [-0.15, -0.1) is 0 Å². The van der Waals surface area contributed by atoms with Gasteiger partial charge >= 0.3 is 11.9 Å². The molecule has 0 amide bonds. The van der Waals surface area contributed by atoms with Gasteiger partial charge in [0.05, 0.1) is 6.42 Å². The summed E-state index contributed by atoms with van der Waals surface area (Å²) >= 11 is 0. The minimum atomic E-state index is -2.86. The molecule has 7 heteroatoms. The second kappa shape index (κ2) is 3.76. The highest BCUT2D eigenvalue weighted by molar-refractivity contribution is 5.85. The number of aliphatic hydroxyl groups is 2. The Hall–Kier alpha value is -1.76. The predicted octanol–water partition coefficient (Wildman–Crippen LogP) is -1.96. The molecule has 1 atom stereocenters. The molecule has 0 heterocycles. The van der Waals surface area contributed by atoms with Crippen LogP contribution in [0.1, 0.15) is 6.42 Å². The van der Waals surface area contributed by atoms with Gasteiger partial charge in [-0.3, -0.25) is 4.79 Å². The van der Waals surface area contributed by atoms with Crippen molar-refractivity contribution in [2.75, 3.05) is 0 Å². The van der Waals surface area contributed by atoms with Crippen molar-refractivity contribution in [2.24, 2.45) is 0 Å². The van der Waals surface area contributed by atoms with E-state index < -0.39 is 29.9 Å². The molecule has 0 aliphatic carbocycles. The molecule has 0 rings (SSSR count). The fraction of sp³-hybridized carbons (Fsp3) is 0.333. The lowest BCUT2D eigenvalue weighted by atomic mass is 10.0. The van der Waals surface area contributed by atoms with E-state index in [4.69, 9.17) is 20.4 Å². The van der Waals surface area contributed by atoms with Crippen LogP contribution < -0.4 is 5.11 Å². The molecule has 0 spiro atoms. The van der Waals surface area contributed by atoms with Gasteiger partial charge in [0, 0.05) is 5.95 Å². The highest BCUT2D eigenvalue weighted by Crippen LogP contribution is 2.13. The van der Waals surface area contributed by atoms with E-state index in [1.807, 2.05) is 0 Å². The van der Waals surface area contributed by atoms with Crippen LogP contribution in [0, 0.1) is 0 Å². The van der Waals surface area contributed by atoms with Gasteiger partial charge in [-0.1, -0.05) is 0 Å². The Morgan fingerprint density at radius 2 is 1.77 bits per heavy atom. The van der Waals surface area contributed by atoms with Gasteiger partial charge < -0.3 is 25.5 Å². The van der Waals surface area contributed by atoms with Gasteiger partial charge in [0.25, 0.3) is 0 Å². The number of aliphatic carboxylic acids is 2. The molecule has 0 aliphatic heterocycles. The summed E-state index contributed by atoms with van der Waals surface area (Å²) in [5, 5.41) is 43.7. The summed E-state index contributed by atoms with van der Waals surface area (Å²) in [5.74, 6) is -5.23. The van der Waals surface area contributed by atoms with Crippen molar-refractivity contribution >= 4 is 11.9 Å². The Balaban J connectivity index is 4.84. The molecule has 0 aromatic carbocycles. The average molecular weight is 191 g/mol. The van der Waals surface area contributed by atoms with Crippen LogP contribution in [0.4, 0.5) is 0 Å². The Labute approximate surface area is 72.2 Å². The van der Waals surface area contributed by atoms with Crippen molar-refractivity contribution in [1.82, 2.24) is 0 Å². The van der Waals surface area contributed by atoms with E-state index in [9.17, 15) is 14.7 Å². The van der Waals surface area contributed by atoms with E-state index in [2.05, 4.69) is 0 Å². The number of carbonyl (C=O) groups is 2. The van der Waals surface area contributed by atoms with Crippen molar-refractivity contribution in [1.29, 1.82) is 0 Å². The van der Waals surface area contributed by atoms with Crippen molar-refractivity contribution in [3.8, 4) is 0 Å². The summed E-state index contributed by atoms with van der Waals surface area (Å²) < 4.78 is 0. The maximum absolute atomic E-state index is 10.3. The van der Waals surface area contributed by atoms with Crippen LogP contribution in [0.2, 0.25) is 0 Å². The molecule has 4 N–H and O–H groups in total. The molecule has 0 aliphatic rings. The lowest BCUT2D eigenvalue weighted by Gasteiger charge is -2.18. The number of carboxylic acids is 2. The van der Waals surface area contributed by atoms with Crippen LogP contribution in [-0.4, -0.2) is 38.0 Å². The average Bonchev–Trinajstić information content (AvgIpc) is 1.82. The van der Waals surface area contributed by atoms with Crippen LogP contribution in [0.15, 0.2) is 12.0 Å². The molecule has 0 saturated heterocycles. The van der Waals surface area contributed by atoms with E-state index in [0.29, 0.717) is 0 Å². The first kappa shape index (κ1) is 11.2. The van der Waals surface area contributed by atoms with Crippen LogP contribution in [0.5, 0.6) is 0 Å². The zero-order valence-electron chi connectivity index (χ0n) is 6.30. The summed E-state index contributed by atoms with van der Waals surface area (Å²) in [6, 6.07) is 0. The first-order chi connectivity index (χ1) is 5.78. The Kier molecular flexibility index (Phi) is 3.25. The molecule has 0 fully saturated rings. The SMILES string of the molecule is O=C(O)C[C@@](O)(/C=C(/[O-])O)C(=O)O. The number of hydrogen-bond acceptors (Lipinski definition) is 5. The second-order valence-electron chi connectivity index (χ2n) is 2.28. The van der Waals surface area contributed by atoms with Gasteiger partial charge in [0.1, 0.15) is 0 Å². The molecule has 74 valence electrons. The standard InChI is InChI=1S/C6H8O7/c7-3(8)1-6(13,5(11)12)2-4(9)10/h1,7-8,13H,2H2,(H,9,10)(H,11,12)/p-1/t6-/m0/s1. The third-order valence-electron chi connectivity index (χ3n) is 1.15. The Morgan fingerprint density at radius 3 is 2.00 bits per heavy atom. The van der Waals surface area contributed by atoms with E-state index in [1.165, 1.54) is 0 Å². The minimum Gasteiger partial charge on any atom is -0.629 e. The van der Waals surface area contributed by atoms with Crippen LogP contribution in [-0.2, 0) is 9.59 Å². The predicted molar refractivity (Wildman–Crippen MR) is 35.6 cm³/mol. The van der Waals surface area contributed by atoms with Crippen LogP contribution in [0.25, 0.3) is 0 Å². The zero-order valence-corrected chi connectivity index (χ0v) is 6.30. The van der Waals surface area contributed by atoms with E-state index >= 15 is 0 Å². The third-order valence-corrected chi connectivity index (χ3v) is 1.15. The highest BCUT2D eigenvalue weighted by Gasteiger charge is 2.36. The smallest absolute Gasteiger partial charge is 0.340 e. The van der Waals surface area contributed by atoms with Crippen molar-refractivity contribution in [3.63, 3.8) is 0 Å². The molecule has 0 aromatic rings.